The summed E-state index contributed by atoms with van der Waals surface area (Å²) in [4.78, 5) is 32.9. The molecule has 2 amide bonds. The maximum absolute atomic E-state index is 13.1. The zero-order valence-electron chi connectivity index (χ0n) is 17.1. The number of benzene rings is 1. The molecule has 1 aromatic carbocycles. The number of nitrogens with zero attached hydrogens (tertiary/aromatic N) is 5. The molecule has 1 saturated heterocycles. The smallest absolute Gasteiger partial charge is 0.258 e. The molecule has 3 aromatic rings. The number of likely N-dealkylation sites (tertiary alicyclic amines) is 1. The maximum Gasteiger partial charge on any atom is 0.258 e. The van der Waals surface area contributed by atoms with Crippen LogP contribution in [0.25, 0.3) is 5.65 Å². The summed E-state index contributed by atoms with van der Waals surface area (Å²) in [7, 11) is 3.39. The van der Waals surface area contributed by atoms with Crippen LogP contribution in [0.5, 0.6) is 0 Å². The molecular weight excluding hydrogens is 385 g/mol. The van der Waals surface area contributed by atoms with Crippen molar-refractivity contribution in [3.8, 4) is 0 Å². The topological polar surface area (TPSA) is 70.8 Å². The number of fused-ring (bicyclic) bond motifs is 1. The van der Waals surface area contributed by atoms with Crippen LogP contribution in [0.15, 0.2) is 42.7 Å². The highest BCUT2D eigenvalue weighted by Crippen LogP contribution is 2.28. The van der Waals surface area contributed by atoms with E-state index < -0.39 is 0 Å². The first-order valence-electron chi connectivity index (χ1n) is 10.0. The molecule has 156 valence electrons. The molecule has 0 bridgehead atoms. The normalized spacial score (nSPS) is 16.6. The van der Waals surface area contributed by atoms with Crippen LogP contribution in [-0.2, 0) is 11.2 Å². The standard InChI is InChI=1S/C22H24FN5O2/c1-26(2)22(30)18-13-25-28-19(9-10-24-21(18)28)16-4-3-11-27(14-16)20(29)12-15-5-7-17(23)8-6-15/h5-10,13,16H,3-4,11-12,14H2,1-2H3/t16-/m0/s1. The van der Waals surface area contributed by atoms with Gasteiger partial charge in [0, 0.05) is 39.3 Å². The number of halogens is 1. The van der Waals surface area contributed by atoms with E-state index in [-0.39, 0.29) is 30.0 Å². The van der Waals surface area contributed by atoms with Crippen molar-refractivity contribution in [2.75, 3.05) is 27.2 Å². The number of carbonyl (C=O) groups excluding carboxylic acids is 2. The lowest BCUT2D eigenvalue weighted by molar-refractivity contribution is -0.131. The van der Waals surface area contributed by atoms with Gasteiger partial charge >= 0.3 is 0 Å². The van der Waals surface area contributed by atoms with Crippen molar-refractivity contribution in [3.05, 3.63) is 65.4 Å². The van der Waals surface area contributed by atoms with Crippen LogP contribution in [0.3, 0.4) is 0 Å². The van der Waals surface area contributed by atoms with E-state index >= 15 is 0 Å². The van der Waals surface area contributed by atoms with Crippen molar-refractivity contribution >= 4 is 17.5 Å². The van der Waals surface area contributed by atoms with E-state index in [9.17, 15) is 14.0 Å². The van der Waals surface area contributed by atoms with Crippen molar-refractivity contribution in [3.63, 3.8) is 0 Å². The average Bonchev–Trinajstić information content (AvgIpc) is 3.19. The zero-order chi connectivity index (χ0) is 21.3. The number of rotatable bonds is 4. The summed E-state index contributed by atoms with van der Waals surface area (Å²) in [6, 6.07) is 7.95. The predicted molar refractivity (Wildman–Crippen MR) is 110 cm³/mol. The van der Waals surface area contributed by atoms with Gasteiger partial charge in [0.15, 0.2) is 5.65 Å². The first kappa shape index (κ1) is 20.0. The summed E-state index contributed by atoms with van der Waals surface area (Å²) in [5, 5.41) is 4.41. The molecule has 3 heterocycles. The van der Waals surface area contributed by atoms with Crippen molar-refractivity contribution in [2.45, 2.75) is 25.2 Å². The predicted octanol–water partition coefficient (Wildman–Crippen LogP) is 2.52. The molecule has 4 rings (SSSR count). The van der Waals surface area contributed by atoms with Gasteiger partial charge in [-0.05, 0) is 36.6 Å². The Morgan fingerprint density at radius 1 is 1.20 bits per heavy atom. The average molecular weight is 409 g/mol. The number of carbonyl (C=O) groups is 2. The van der Waals surface area contributed by atoms with E-state index in [2.05, 4.69) is 10.1 Å². The van der Waals surface area contributed by atoms with Crippen LogP contribution in [0.1, 0.15) is 40.4 Å². The van der Waals surface area contributed by atoms with E-state index in [1.807, 2.05) is 11.0 Å². The highest BCUT2D eigenvalue weighted by molar-refractivity contribution is 5.99. The molecule has 2 aromatic heterocycles. The molecule has 30 heavy (non-hydrogen) atoms. The molecule has 1 atom stereocenters. The lowest BCUT2D eigenvalue weighted by Crippen LogP contribution is -2.40. The van der Waals surface area contributed by atoms with Gasteiger partial charge in [0.05, 0.1) is 18.3 Å². The summed E-state index contributed by atoms with van der Waals surface area (Å²) in [6.07, 6.45) is 5.30. The Balaban J connectivity index is 1.54. The van der Waals surface area contributed by atoms with Crippen LogP contribution >= 0.6 is 0 Å². The Morgan fingerprint density at radius 2 is 1.97 bits per heavy atom. The maximum atomic E-state index is 13.1. The van der Waals surface area contributed by atoms with Crippen LogP contribution in [0.2, 0.25) is 0 Å². The molecule has 7 nitrogen and oxygen atoms in total. The second kappa shape index (κ2) is 8.22. The van der Waals surface area contributed by atoms with Crippen molar-refractivity contribution in [1.82, 2.24) is 24.4 Å². The van der Waals surface area contributed by atoms with Crippen molar-refractivity contribution < 1.29 is 14.0 Å². The number of hydrogen-bond acceptors (Lipinski definition) is 4. The minimum atomic E-state index is -0.308. The largest absolute Gasteiger partial charge is 0.345 e. The molecule has 0 unspecified atom stereocenters. The van der Waals surface area contributed by atoms with E-state index in [0.29, 0.717) is 24.3 Å². The van der Waals surface area contributed by atoms with E-state index in [0.717, 1.165) is 24.1 Å². The van der Waals surface area contributed by atoms with Gasteiger partial charge in [-0.3, -0.25) is 9.59 Å². The van der Waals surface area contributed by atoms with Gasteiger partial charge in [-0.1, -0.05) is 12.1 Å². The highest BCUT2D eigenvalue weighted by Gasteiger charge is 2.27. The minimum absolute atomic E-state index is 0.0283. The van der Waals surface area contributed by atoms with Gasteiger partial charge in [0.1, 0.15) is 11.4 Å². The molecule has 1 aliphatic rings. The lowest BCUT2D eigenvalue weighted by Gasteiger charge is -2.33. The molecule has 0 radical (unpaired) electrons. The Hall–Kier alpha value is -3.29. The van der Waals surface area contributed by atoms with Crippen LogP contribution in [0.4, 0.5) is 4.39 Å². The number of piperidine rings is 1. The molecule has 1 fully saturated rings. The SMILES string of the molecule is CN(C)C(=O)c1cnn2c([C@H]3CCCN(C(=O)Cc4ccc(F)cc4)C3)ccnc12. The van der Waals surface area contributed by atoms with Crippen molar-refractivity contribution in [2.24, 2.45) is 0 Å². The van der Waals surface area contributed by atoms with Crippen LogP contribution < -0.4 is 0 Å². The number of amides is 2. The summed E-state index contributed by atoms with van der Waals surface area (Å²) >= 11 is 0. The molecule has 0 N–H and O–H groups in total. The first-order chi connectivity index (χ1) is 14.4. The third kappa shape index (κ3) is 3.90. The third-order valence-electron chi connectivity index (χ3n) is 5.53. The second-order valence-corrected chi connectivity index (χ2v) is 7.85. The van der Waals surface area contributed by atoms with E-state index in [4.69, 9.17) is 0 Å². The molecule has 0 saturated carbocycles. The monoisotopic (exact) mass is 409 g/mol. The third-order valence-corrected chi connectivity index (χ3v) is 5.53. The fraction of sp³-hybridized carbons (Fsp3) is 0.364. The summed E-state index contributed by atoms with van der Waals surface area (Å²) < 4.78 is 14.8. The summed E-state index contributed by atoms with van der Waals surface area (Å²) in [5.74, 6) is -0.323. The Bertz CT molecular complexity index is 1080. The Kier molecular flexibility index (Phi) is 5.48. The molecule has 1 aliphatic heterocycles. The number of hydrogen-bond donors (Lipinski definition) is 0. The molecular formula is C22H24FN5O2. The minimum Gasteiger partial charge on any atom is -0.345 e. The second-order valence-electron chi connectivity index (χ2n) is 7.85. The quantitative estimate of drug-likeness (QED) is 0.664. The zero-order valence-corrected chi connectivity index (χ0v) is 17.1. The van der Waals surface area contributed by atoms with E-state index in [1.165, 1.54) is 17.0 Å². The molecule has 8 heteroatoms. The Morgan fingerprint density at radius 3 is 2.70 bits per heavy atom. The fourth-order valence-corrected chi connectivity index (χ4v) is 3.94. The summed E-state index contributed by atoms with van der Waals surface area (Å²) in [6.45, 7) is 1.28. The van der Waals surface area contributed by atoms with Gasteiger partial charge < -0.3 is 9.80 Å². The Labute approximate surface area is 174 Å². The van der Waals surface area contributed by atoms with Gasteiger partial charge in [0.25, 0.3) is 5.91 Å². The number of aromatic nitrogens is 3. The highest BCUT2D eigenvalue weighted by atomic mass is 19.1. The lowest BCUT2D eigenvalue weighted by atomic mass is 9.94. The first-order valence-corrected chi connectivity index (χ1v) is 10.0. The van der Waals surface area contributed by atoms with Gasteiger partial charge in [0.2, 0.25) is 5.91 Å². The van der Waals surface area contributed by atoms with E-state index in [1.54, 1.807) is 43.1 Å². The van der Waals surface area contributed by atoms with Gasteiger partial charge in [-0.25, -0.2) is 13.9 Å². The fourth-order valence-electron chi connectivity index (χ4n) is 3.94. The van der Waals surface area contributed by atoms with Crippen LogP contribution in [-0.4, -0.2) is 63.4 Å². The summed E-state index contributed by atoms with van der Waals surface area (Å²) in [5.41, 5.74) is 2.73. The van der Waals surface area contributed by atoms with Gasteiger partial charge in [-0.15, -0.1) is 0 Å². The molecule has 0 spiro atoms. The molecule has 0 aliphatic carbocycles. The van der Waals surface area contributed by atoms with Crippen molar-refractivity contribution in [1.29, 1.82) is 0 Å². The van der Waals surface area contributed by atoms with Crippen LogP contribution in [0, 0.1) is 5.82 Å². The van der Waals surface area contributed by atoms with Gasteiger partial charge in [-0.2, -0.15) is 5.10 Å².